The Morgan fingerprint density at radius 3 is 2.35 bits per heavy atom. The minimum absolute atomic E-state index is 0.193. The number of pyridine rings is 1. The fraction of sp³-hybridized carbons (Fsp3) is 0.281. The lowest BCUT2D eigenvalue weighted by Gasteiger charge is -2.24. The molecule has 186 valence electrons. The van der Waals surface area contributed by atoms with Crippen molar-refractivity contribution in [2.24, 2.45) is 0 Å². The SMILES string of the molecule is Cc1cc2ccc3c(-c4ccc(C)c5c4oc4ncccc45)nc(C(C)C)nc3c2c(C)c1[Si](C)(C)C. The molecule has 6 aromatic rings. The molecule has 0 aliphatic rings. The van der Waals surface area contributed by atoms with Gasteiger partial charge in [-0.3, -0.25) is 0 Å². The summed E-state index contributed by atoms with van der Waals surface area (Å²) in [4.78, 5) is 14.9. The Labute approximate surface area is 218 Å². The van der Waals surface area contributed by atoms with Crippen LogP contribution in [0, 0.1) is 20.8 Å². The third-order valence-corrected chi connectivity index (χ3v) is 9.83. The van der Waals surface area contributed by atoms with Gasteiger partial charge in [0.25, 0.3) is 0 Å². The lowest BCUT2D eigenvalue weighted by molar-refractivity contribution is 0.654. The van der Waals surface area contributed by atoms with Crippen LogP contribution in [0.15, 0.2) is 53.1 Å². The van der Waals surface area contributed by atoms with Crippen LogP contribution in [0.2, 0.25) is 19.6 Å². The van der Waals surface area contributed by atoms with E-state index in [9.17, 15) is 0 Å². The molecule has 0 unspecified atom stereocenters. The van der Waals surface area contributed by atoms with Crippen LogP contribution in [0.1, 0.15) is 42.3 Å². The average molecular weight is 504 g/mol. The van der Waals surface area contributed by atoms with Gasteiger partial charge in [0.2, 0.25) is 5.71 Å². The van der Waals surface area contributed by atoms with Crippen LogP contribution in [0.4, 0.5) is 0 Å². The van der Waals surface area contributed by atoms with Crippen LogP contribution in [0.5, 0.6) is 0 Å². The Kier molecular flexibility index (Phi) is 5.29. The number of nitrogens with zero attached hydrogens (tertiary/aromatic N) is 3. The summed E-state index contributed by atoms with van der Waals surface area (Å²) in [7, 11) is -1.57. The zero-order valence-corrected chi connectivity index (χ0v) is 23.9. The van der Waals surface area contributed by atoms with Gasteiger partial charge in [-0.25, -0.2) is 15.0 Å². The first-order valence-corrected chi connectivity index (χ1v) is 16.6. The second-order valence-corrected chi connectivity index (χ2v) is 16.7. The third-order valence-electron chi connectivity index (χ3n) is 7.56. The van der Waals surface area contributed by atoms with E-state index in [1.165, 1.54) is 32.6 Å². The van der Waals surface area contributed by atoms with Crippen LogP contribution < -0.4 is 5.19 Å². The van der Waals surface area contributed by atoms with E-state index in [2.05, 4.69) is 95.6 Å². The van der Waals surface area contributed by atoms with Gasteiger partial charge in [-0.05, 0) is 61.5 Å². The quantitative estimate of drug-likeness (QED) is 0.180. The van der Waals surface area contributed by atoms with Gasteiger partial charge in [0, 0.05) is 39.2 Å². The Bertz CT molecular complexity index is 1880. The van der Waals surface area contributed by atoms with Crippen LogP contribution in [-0.2, 0) is 0 Å². The molecule has 3 heterocycles. The second-order valence-electron chi connectivity index (χ2n) is 11.7. The minimum Gasteiger partial charge on any atom is -0.437 e. The van der Waals surface area contributed by atoms with Crippen molar-refractivity contribution in [2.75, 3.05) is 0 Å². The molecule has 37 heavy (non-hydrogen) atoms. The van der Waals surface area contributed by atoms with E-state index >= 15 is 0 Å². The van der Waals surface area contributed by atoms with Gasteiger partial charge < -0.3 is 4.42 Å². The van der Waals surface area contributed by atoms with Crippen LogP contribution in [-0.4, -0.2) is 23.0 Å². The van der Waals surface area contributed by atoms with Crippen LogP contribution in [0.3, 0.4) is 0 Å². The number of hydrogen-bond donors (Lipinski definition) is 0. The highest BCUT2D eigenvalue weighted by atomic mass is 28.3. The summed E-state index contributed by atoms with van der Waals surface area (Å²) < 4.78 is 6.39. The summed E-state index contributed by atoms with van der Waals surface area (Å²) in [5.74, 6) is 1.05. The van der Waals surface area contributed by atoms with Crippen molar-refractivity contribution in [3.05, 3.63) is 71.2 Å². The number of aryl methyl sites for hydroxylation is 3. The highest BCUT2D eigenvalue weighted by Gasteiger charge is 2.25. The fourth-order valence-electron chi connectivity index (χ4n) is 6.15. The lowest BCUT2D eigenvalue weighted by atomic mass is 9.95. The van der Waals surface area contributed by atoms with Gasteiger partial charge >= 0.3 is 0 Å². The van der Waals surface area contributed by atoms with E-state index in [4.69, 9.17) is 14.4 Å². The van der Waals surface area contributed by atoms with E-state index in [1.807, 2.05) is 6.07 Å². The third kappa shape index (κ3) is 3.59. The minimum atomic E-state index is -1.57. The van der Waals surface area contributed by atoms with Gasteiger partial charge in [-0.15, -0.1) is 0 Å². The maximum absolute atomic E-state index is 6.39. The van der Waals surface area contributed by atoms with E-state index in [-0.39, 0.29) is 5.92 Å². The summed E-state index contributed by atoms with van der Waals surface area (Å²) in [6, 6.07) is 15.1. The molecule has 0 atom stereocenters. The molecule has 6 rings (SSSR count). The number of hydrogen-bond acceptors (Lipinski definition) is 4. The van der Waals surface area contributed by atoms with Gasteiger partial charge in [-0.2, -0.15) is 0 Å². The fourth-order valence-corrected chi connectivity index (χ4v) is 8.66. The van der Waals surface area contributed by atoms with Crippen molar-refractivity contribution in [1.29, 1.82) is 0 Å². The molecule has 0 saturated heterocycles. The summed E-state index contributed by atoms with van der Waals surface area (Å²) in [5, 5.41) is 7.22. The molecule has 0 radical (unpaired) electrons. The van der Waals surface area contributed by atoms with Gasteiger partial charge in [0.1, 0.15) is 11.4 Å². The maximum atomic E-state index is 6.39. The van der Waals surface area contributed by atoms with Crippen molar-refractivity contribution >= 4 is 57.0 Å². The molecule has 3 aromatic carbocycles. The zero-order valence-electron chi connectivity index (χ0n) is 22.9. The highest BCUT2D eigenvalue weighted by molar-refractivity contribution is 6.89. The standard InChI is InChI=1S/C32H33N3OSi/c1-17(2)31-34-27(24-13-11-18(3)25-22-10-9-15-33-32(22)36-29(24)25)23-14-12-21-16-19(4)30(37(6,7)8)20(5)26(21)28(23)35-31/h9-17H,1-8H3. The largest absolute Gasteiger partial charge is 0.437 e. The highest BCUT2D eigenvalue weighted by Crippen LogP contribution is 2.40. The topological polar surface area (TPSA) is 51.8 Å². The molecular formula is C32H33N3OSi. The molecule has 3 aromatic heterocycles. The van der Waals surface area contributed by atoms with Crippen molar-refractivity contribution in [3.63, 3.8) is 0 Å². The van der Waals surface area contributed by atoms with E-state index in [1.54, 1.807) is 6.20 Å². The number of furan rings is 1. The summed E-state index contributed by atoms with van der Waals surface area (Å²) in [5.41, 5.74) is 8.37. The first-order valence-electron chi connectivity index (χ1n) is 13.1. The Balaban J connectivity index is 1.79. The lowest BCUT2D eigenvalue weighted by Crippen LogP contribution is -2.41. The van der Waals surface area contributed by atoms with Gasteiger partial charge in [0.15, 0.2) is 0 Å². The van der Waals surface area contributed by atoms with Crippen molar-refractivity contribution in [1.82, 2.24) is 15.0 Å². The Morgan fingerprint density at radius 2 is 1.62 bits per heavy atom. The molecular weight excluding hydrogens is 470 g/mol. The Hall–Kier alpha value is -3.57. The number of fused-ring (bicyclic) bond motifs is 6. The van der Waals surface area contributed by atoms with Crippen LogP contribution in [0.25, 0.3) is 55.0 Å². The smallest absolute Gasteiger partial charge is 0.227 e. The molecule has 5 heteroatoms. The van der Waals surface area contributed by atoms with E-state index in [0.717, 1.165) is 44.3 Å². The van der Waals surface area contributed by atoms with E-state index < -0.39 is 8.07 Å². The number of rotatable bonds is 3. The first-order chi connectivity index (χ1) is 17.6. The predicted octanol–water partition coefficient (Wildman–Crippen LogP) is 8.34. The normalized spacial score (nSPS) is 12.6. The molecule has 0 aliphatic carbocycles. The molecule has 0 saturated carbocycles. The van der Waals surface area contributed by atoms with Crippen molar-refractivity contribution in [2.45, 2.75) is 60.2 Å². The monoisotopic (exact) mass is 503 g/mol. The van der Waals surface area contributed by atoms with Gasteiger partial charge in [0.05, 0.1) is 19.3 Å². The summed E-state index contributed by atoms with van der Waals surface area (Å²) in [6.07, 6.45) is 1.78. The molecule has 0 amide bonds. The molecule has 0 N–H and O–H groups in total. The molecule has 4 nitrogen and oxygen atoms in total. The number of benzene rings is 3. The van der Waals surface area contributed by atoms with Crippen molar-refractivity contribution < 1.29 is 4.42 Å². The molecule has 0 aliphatic heterocycles. The van der Waals surface area contributed by atoms with Crippen LogP contribution >= 0.6 is 0 Å². The number of aromatic nitrogens is 3. The zero-order chi connectivity index (χ0) is 26.2. The summed E-state index contributed by atoms with van der Waals surface area (Å²) >= 11 is 0. The summed E-state index contributed by atoms with van der Waals surface area (Å²) in [6.45, 7) is 18.3. The predicted molar refractivity (Wildman–Crippen MR) is 159 cm³/mol. The molecule has 0 spiro atoms. The maximum Gasteiger partial charge on any atom is 0.227 e. The van der Waals surface area contributed by atoms with E-state index in [0.29, 0.717) is 5.71 Å². The molecule has 0 fully saturated rings. The first kappa shape index (κ1) is 23.8. The molecule has 0 bridgehead atoms. The Morgan fingerprint density at radius 1 is 0.838 bits per heavy atom. The second kappa shape index (κ2) is 8.22. The van der Waals surface area contributed by atoms with Gasteiger partial charge in [-0.1, -0.05) is 62.4 Å². The average Bonchev–Trinajstić information content (AvgIpc) is 3.22. The van der Waals surface area contributed by atoms with Crippen molar-refractivity contribution in [3.8, 4) is 11.3 Å².